The first-order valence-corrected chi connectivity index (χ1v) is 8.37. The van der Waals surface area contributed by atoms with Crippen LogP contribution in [0.2, 0.25) is 0 Å². The van der Waals surface area contributed by atoms with Gasteiger partial charge in [-0.1, -0.05) is 42.8 Å². The van der Waals surface area contributed by atoms with Gasteiger partial charge in [0.25, 0.3) is 0 Å². The third kappa shape index (κ3) is 6.94. The highest BCUT2D eigenvalue weighted by atomic mass is 35.5. The van der Waals surface area contributed by atoms with Gasteiger partial charge >= 0.3 is 0 Å². The molecule has 4 nitrogen and oxygen atoms in total. The van der Waals surface area contributed by atoms with Crippen LogP contribution in [-0.2, 0) is 0 Å². The predicted octanol–water partition coefficient (Wildman–Crippen LogP) is 3.91. The molecule has 0 aliphatic heterocycles. The lowest BCUT2D eigenvalue weighted by Crippen LogP contribution is -2.33. The molecule has 0 aromatic heterocycles. The molecule has 2 atom stereocenters. The Kier molecular flexibility index (Phi) is 9.35. The van der Waals surface area contributed by atoms with E-state index in [0.717, 1.165) is 12.2 Å². The highest BCUT2D eigenvalue weighted by molar-refractivity contribution is 5.85. The van der Waals surface area contributed by atoms with Gasteiger partial charge < -0.3 is 19.9 Å². The normalized spacial score (nSPS) is 12.8. The summed E-state index contributed by atoms with van der Waals surface area (Å²) in [4.78, 5) is 0. The van der Waals surface area contributed by atoms with Gasteiger partial charge in [0.2, 0.25) is 0 Å². The minimum atomic E-state index is -0.573. The quantitative estimate of drug-likeness (QED) is 0.707. The summed E-state index contributed by atoms with van der Waals surface area (Å²) in [6, 6.07) is 16.1. The van der Waals surface area contributed by atoms with Crippen molar-refractivity contribution in [3.05, 3.63) is 59.7 Å². The van der Waals surface area contributed by atoms with E-state index in [0.29, 0.717) is 12.3 Å². The van der Waals surface area contributed by atoms with Crippen LogP contribution in [0.3, 0.4) is 0 Å². The maximum atomic E-state index is 10.2. The molecule has 5 heteroatoms. The van der Waals surface area contributed by atoms with Crippen molar-refractivity contribution in [1.82, 2.24) is 5.32 Å². The first kappa shape index (κ1) is 21.3. The number of aryl methyl sites for hydroxylation is 1. The van der Waals surface area contributed by atoms with E-state index in [1.165, 1.54) is 11.1 Å². The summed E-state index contributed by atoms with van der Waals surface area (Å²) < 4.78 is 10.8. The number of aliphatic hydroxyl groups is 1. The lowest BCUT2D eigenvalue weighted by atomic mass is 10.0. The van der Waals surface area contributed by atoms with Gasteiger partial charge in [-0.05, 0) is 31.0 Å². The number of rotatable bonds is 9. The minimum absolute atomic E-state index is 0. The Balaban J connectivity index is 0.00000312. The number of benzene rings is 2. The second-order valence-corrected chi connectivity index (χ2v) is 5.92. The minimum Gasteiger partial charge on any atom is -0.497 e. The lowest BCUT2D eigenvalue weighted by Gasteiger charge is -2.20. The monoisotopic (exact) mass is 365 g/mol. The summed E-state index contributed by atoms with van der Waals surface area (Å²) in [5.74, 6) is 1.43. The summed E-state index contributed by atoms with van der Waals surface area (Å²) in [5.41, 5.74) is 2.49. The van der Waals surface area contributed by atoms with E-state index in [9.17, 15) is 5.11 Å². The molecule has 0 fully saturated rings. The van der Waals surface area contributed by atoms with Crippen LogP contribution in [-0.4, -0.2) is 31.5 Å². The number of methoxy groups -OCH3 is 1. The Morgan fingerprint density at radius 2 is 1.76 bits per heavy atom. The Hall–Kier alpha value is -1.75. The number of hydrogen-bond donors (Lipinski definition) is 2. The zero-order valence-corrected chi connectivity index (χ0v) is 15.9. The van der Waals surface area contributed by atoms with Crippen LogP contribution in [0.4, 0.5) is 0 Å². The topological polar surface area (TPSA) is 50.7 Å². The van der Waals surface area contributed by atoms with Gasteiger partial charge in [0, 0.05) is 18.7 Å². The summed E-state index contributed by atoms with van der Waals surface area (Å²) in [5, 5.41) is 13.6. The van der Waals surface area contributed by atoms with Gasteiger partial charge in [0.1, 0.15) is 24.2 Å². The van der Waals surface area contributed by atoms with Crippen molar-refractivity contribution in [3.8, 4) is 11.5 Å². The number of nitrogens with one attached hydrogen (secondary N) is 1. The van der Waals surface area contributed by atoms with E-state index in [-0.39, 0.29) is 25.1 Å². The van der Waals surface area contributed by atoms with E-state index < -0.39 is 6.10 Å². The SMILES string of the molecule is CCC(NCC(O)COc1cccc(OC)c1)c1ccc(C)cc1.Cl. The molecule has 0 aliphatic carbocycles. The average molecular weight is 366 g/mol. The van der Waals surface area contributed by atoms with E-state index in [1.54, 1.807) is 13.2 Å². The van der Waals surface area contributed by atoms with Crippen molar-refractivity contribution in [2.24, 2.45) is 0 Å². The van der Waals surface area contributed by atoms with Crippen LogP contribution in [0.15, 0.2) is 48.5 Å². The molecule has 0 saturated heterocycles. The Bertz CT molecular complexity index is 619. The molecule has 2 aromatic rings. The van der Waals surface area contributed by atoms with Crippen LogP contribution in [0, 0.1) is 6.92 Å². The van der Waals surface area contributed by atoms with Gasteiger partial charge in [-0.25, -0.2) is 0 Å². The zero-order chi connectivity index (χ0) is 17.4. The van der Waals surface area contributed by atoms with Gasteiger partial charge in [0.05, 0.1) is 7.11 Å². The third-order valence-electron chi connectivity index (χ3n) is 3.97. The fourth-order valence-corrected chi connectivity index (χ4v) is 2.52. The van der Waals surface area contributed by atoms with Gasteiger partial charge in [-0.15, -0.1) is 12.4 Å². The molecule has 0 bridgehead atoms. The number of hydrogen-bond acceptors (Lipinski definition) is 4. The lowest BCUT2D eigenvalue weighted by molar-refractivity contribution is 0.103. The molecule has 2 rings (SSSR count). The molecular formula is C20H28ClNO3. The number of ether oxygens (including phenoxy) is 2. The van der Waals surface area contributed by atoms with Crippen molar-refractivity contribution >= 4 is 12.4 Å². The molecule has 2 unspecified atom stereocenters. The summed E-state index contributed by atoms with van der Waals surface area (Å²) in [6.07, 6.45) is 0.391. The van der Waals surface area contributed by atoms with Crippen LogP contribution in [0.5, 0.6) is 11.5 Å². The maximum absolute atomic E-state index is 10.2. The molecule has 25 heavy (non-hydrogen) atoms. The zero-order valence-electron chi connectivity index (χ0n) is 15.1. The van der Waals surface area contributed by atoms with Gasteiger partial charge in [-0.2, -0.15) is 0 Å². The predicted molar refractivity (Wildman–Crippen MR) is 104 cm³/mol. The first-order valence-electron chi connectivity index (χ1n) is 8.37. The van der Waals surface area contributed by atoms with E-state index in [2.05, 4.69) is 43.4 Å². The van der Waals surface area contributed by atoms with E-state index in [1.807, 2.05) is 18.2 Å². The van der Waals surface area contributed by atoms with Crippen LogP contribution < -0.4 is 14.8 Å². The Morgan fingerprint density at radius 3 is 2.40 bits per heavy atom. The molecule has 0 saturated carbocycles. The van der Waals surface area contributed by atoms with Crippen molar-refractivity contribution in [3.63, 3.8) is 0 Å². The fourth-order valence-electron chi connectivity index (χ4n) is 2.52. The Morgan fingerprint density at radius 1 is 1.08 bits per heavy atom. The summed E-state index contributed by atoms with van der Waals surface area (Å²) >= 11 is 0. The van der Waals surface area contributed by atoms with Crippen molar-refractivity contribution in [1.29, 1.82) is 0 Å². The smallest absolute Gasteiger partial charge is 0.123 e. The molecule has 2 aromatic carbocycles. The molecule has 0 radical (unpaired) electrons. The highest BCUT2D eigenvalue weighted by Gasteiger charge is 2.12. The second kappa shape index (κ2) is 11.0. The van der Waals surface area contributed by atoms with Gasteiger partial charge in [-0.3, -0.25) is 0 Å². The standard InChI is InChI=1S/C20H27NO3.ClH/c1-4-20(16-10-8-15(2)9-11-16)21-13-17(22)14-24-19-7-5-6-18(12-19)23-3;/h5-12,17,20-22H,4,13-14H2,1-3H3;1H. The second-order valence-electron chi connectivity index (χ2n) is 5.92. The highest BCUT2D eigenvalue weighted by Crippen LogP contribution is 2.19. The molecule has 0 spiro atoms. The molecule has 0 heterocycles. The van der Waals surface area contributed by atoms with Crippen molar-refractivity contribution < 1.29 is 14.6 Å². The largest absolute Gasteiger partial charge is 0.497 e. The summed E-state index contributed by atoms with van der Waals surface area (Å²) in [6.45, 7) is 4.94. The van der Waals surface area contributed by atoms with Crippen LogP contribution in [0.1, 0.15) is 30.5 Å². The van der Waals surface area contributed by atoms with Crippen LogP contribution in [0.25, 0.3) is 0 Å². The van der Waals surface area contributed by atoms with Crippen LogP contribution >= 0.6 is 12.4 Å². The summed E-state index contributed by atoms with van der Waals surface area (Å²) in [7, 11) is 1.62. The molecular weight excluding hydrogens is 338 g/mol. The molecule has 0 amide bonds. The third-order valence-corrected chi connectivity index (χ3v) is 3.97. The average Bonchev–Trinajstić information content (AvgIpc) is 2.62. The van der Waals surface area contributed by atoms with E-state index >= 15 is 0 Å². The maximum Gasteiger partial charge on any atom is 0.123 e. The van der Waals surface area contributed by atoms with Crippen molar-refractivity contribution in [2.45, 2.75) is 32.4 Å². The molecule has 0 aliphatic rings. The number of aliphatic hydroxyl groups excluding tert-OH is 1. The first-order chi connectivity index (χ1) is 11.6. The fraction of sp³-hybridized carbons (Fsp3) is 0.400. The number of halogens is 1. The van der Waals surface area contributed by atoms with Gasteiger partial charge in [0.15, 0.2) is 0 Å². The van der Waals surface area contributed by atoms with E-state index in [4.69, 9.17) is 9.47 Å². The molecule has 138 valence electrons. The van der Waals surface area contributed by atoms with Crippen molar-refractivity contribution in [2.75, 3.05) is 20.3 Å². The Labute approximate surface area is 156 Å². The molecule has 2 N–H and O–H groups in total.